The van der Waals surface area contributed by atoms with Crippen molar-refractivity contribution in [3.05, 3.63) is 24.3 Å². The van der Waals surface area contributed by atoms with Crippen molar-refractivity contribution >= 4 is 5.69 Å². The molecule has 1 saturated heterocycles. The van der Waals surface area contributed by atoms with Gasteiger partial charge in [0.1, 0.15) is 5.75 Å². The molecule has 3 nitrogen and oxygen atoms in total. The Morgan fingerprint density at radius 1 is 1.33 bits per heavy atom. The van der Waals surface area contributed by atoms with Gasteiger partial charge >= 0.3 is 0 Å². The summed E-state index contributed by atoms with van der Waals surface area (Å²) in [6.07, 6.45) is 2.43. The first-order valence-electron chi connectivity index (χ1n) is 7.04. The average molecular weight is 248 g/mol. The van der Waals surface area contributed by atoms with Gasteiger partial charge in [0.25, 0.3) is 0 Å². The van der Waals surface area contributed by atoms with Gasteiger partial charge in [0.15, 0.2) is 0 Å². The number of anilines is 1. The number of nitrogens with zero attached hydrogens (tertiary/aromatic N) is 1. The molecule has 1 N–H and O–H groups in total. The number of nitrogens with one attached hydrogen (secondary N) is 1. The summed E-state index contributed by atoms with van der Waals surface area (Å²) in [6.45, 7) is 8.27. The highest BCUT2D eigenvalue weighted by atomic mass is 16.5. The van der Waals surface area contributed by atoms with E-state index in [2.05, 4.69) is 35.3 Å². The van der Waals surface area contributed by atoms with Gasteiger partial charge in [0.2, 0.25) is 0 Å². The molecule has 0 bridgehead atoms. The number of hydrogen-bond acceptors (Lipinski definition) is 3. The van der Waals surface area contributed by atoms with E-state index in [9.17, 15) is 0 Å². The summed E-state index contributed by atoms with van der Waals surface area (Å²) in [6, 6.07) is 9.10. The fourth-order valence-electron chi connectivity index (χ4n) is 2.47. The molecule has 1 atom stereocenters. The fourth-order valence-corrected chi connectivity index (χ4v) is 2.47. The van der Waals surface area contributed by atoms with Crippen LogP contribution >= 0.6 is 0 Å². The van der Waals surface area contributed by atoms with Crippen molar-refractivity contribution in [2.75, 3.05) is 31.1 Å². The largest absolute Gasteiger partial charge is 0.494 e. The van der Waals surface area contributed by atoms with Crippen molar-refractivity contribution in [2.45, 2.75) is 32.7 Å². The Balaban J connectivity index is 2.03. The predicted molar refractivity (Wildman–Crippen MR) is 76.5 cm³/mol. The Labute approximate surface area is 110 Å². The number of benzene rings is 1. The van der Waals surface area contributed by atoms with Gasteiger partial charge in [-0.15, -0.1) is 0 Å². The number of hydrogen-bond donors (Lipinski definition) is 1. The van der Waals surface area contributed by atoms with Crippen LogP contribution in [0.15, 0.2) is 24.3 Å². The Morgan fingerprint density at radius 2 is 2.22 bits per heavy atom. The van der Waals surface area contributed by atoms with Crippen LogP contribution in [0.3, 0.4) is 0 Å². The molecule has 1 fully saturated rings. The van der Waals surface area contributed by atoms with Gasteiger partial charge < -0.3 is 15.0 Å². The van der Waals surface area contributed by atoms with Crippen molar-refractivity contribution in [2.24, 2.45) is 0 Å². The molecule has 18 heavy (non-hydrogen) atoms. The molecule has 0 amide bonds. The van der Waals surface area contributed by atoms with Crippen LogP contribution < -0.4 is 15.0 Å². The molecule has 1 aromatic rings. The molecule has 0 saturated carbocycles. The maximum Gasteiger partial charge on any atom is 0.121 e. The third-order valence-corrected chi connectivity index (χ3v) is 3.55. The smallest absolute Gasteiger partial charge is 0.121 e. The van der Waals surface area contributed by atoms with Crippen LogP contribution in [0, 0.1) is 0 Å². The molecule has 0 aromatic heterocycles. The molecule has 0 radical (unpaired) electrons. The summed E-state index contributed by atoms with van der Waals surface area (Å²) in [5.41, 5.74) is 1.28. The van der Waals surface area contributed by atoms with E-state index in [1.807, 2.05) is 13.0 Å². The van der Waals surface area contributed by atoms with Crippen molar-refractivity contribution < 1.29 is 4.74 Å². The van der Waals surface area contributed by atoms with Gasteiger partial charge in [-0.05, 0) is 31.9 Å². The molecule has 1 aromatic carbocycles. The Kier molecular flexibility index (Phi) is 4.88. The fraction of sp³-hybridized carbons (Fsp3) is 0.600. The highest BCUT2D eigenvalue weighted by molar-refractivity contribution is 5.50. The quantitative estimate of drug-likeness (QED) is 0.886. The molecule has 2 rings (SSSR count). The van der Waals surface area contributed by atoms with Crippen LogP contribution in [0.25, 0.3) is 0 Å². The monoisotopic (exact) mass is 248 g/mol. The van der Waals surface area contributed by atoms with Crippen molar-refractivity contribution in [3.63, 3.8) is 0 Å². The third kappa shape index (κ3) is 3.39. The summed E-state index contributed by atoms with van der Waals surface area (Å²) in [7, 11) is 0. The van der Waals surface area contributed by atoms with Crippen molar-refractivity contribution in [1.29, 1.82) is 0 Å². The van der Waals surface area contributed by atoms with E-state index in [1.165, 1.54) is 18.5 Å². The SMILES string of the molecule is CCOc1cccc(N2CCNC(CC)CC2)c1. The molecule has 0 aliphatic carbocycles. The minimum Gasteiger partial charge on any atom is -0.494 e. The van der Waals surface area contributed by atoms with Gasteiger partial charge in [0, 0.05) is 37.4 Å². The first-order chi connectivity index (χ1) is 8.83. The molecular formula is C15H24N2O. The van der Waals surface area contributed by atoms with Gasteiger partial charge in [-0.1, -0.05) is 13.0 Å². The number of rotatable bonds is 4. The maximum atomic E-state index is 5.57. The van der Waals surface area contributed by atoms with E-state index < -0.39 is 0 Å². The summed E-state index contributed by atoms with van der Waals surface area (Å²) < 4.78 is 5.57. The third-order valence-electron chi connectivity index (χ3n) is 3.55. The predicted octanol–water partition coefficient (Wildman–Crippen LogP) is 2.66. The van der Waals surface area contributed by atoms with Gasteiger partial charge in [0.05, 0.1) is 6.61 Å². The lowest BCUT2D eigenvalue weighted by atomic mass is 10.1. The second-order valence-corrected chi connectivity index (χ2v) is 4.77. The zero-order valence-electron chi connectivity index (χ0n) is 11.5. The Morgan fingerprint density at radius 3 is 3.00 bits per heavy atom. The van der Waals surface area contributed by atoms with E-state index in [-0.39, 0.29) is 0 Å². The summed E-state index contributed by atoms with van der Waals surface area (Å²) in [4.78, 5) is 2.45. The van der Waals surface area contributed by atoms with E-state index in [0.29, 0.717) is 6.04 Å². The molecule has 1 heterocycles. The van der Waals surface area contributed by atoms with Crippen LogP contribution in [0.5, 0.6) is 5.75 Å². The topological polar surface area (TPSA) is 24.5 Å². The second-order valence-electron chi connectivity index (χ2n) is 4.77. The zero-order chi connectivity index (χ0) is 12.8. The minimum absolute atomic E-state index is 0.671. The Bertz CT molecular complexity index is 367. The zero-order valence-corrected chi connectivity index (χ0v) is 11.5. The van der Waals surface area contributed by atoms with Crippen molar-refractivity contribution in [3.8, 4) is 5.75 Å². The number of ether oxygens (including phenoxy) is 1. The van der Waals surface area contributed by atoms with Crippen LogP contribution in [-0.4, -0.2) is 32.3 Å². The van der Waals surface area contributed by atoms with E-state index in [4.69, 9.17) is 4.74 Å². The lowest BCUT2D eigenvalue weighted by Gasteiger charge is -2.23. The highest BCUT2D eigenvalue weighted by Gasteiger charge is 2.15. The summed E-state index contributed by atoms with van der Waals surface area (Å²) in [5, 5.41) is 3.60. The van der Waals surface area contributed by atoms with Gasteiger partial charge in [-0.3, -0.25) is 0 Å². The highest BCUT2D eigenvalue weighted by Crippen LogP contribution is 2.22. The summed E-state index contributed by atoms with van der Waals surface area (Å²) >= 11 is 0. The standard InChI is InChI=1S/C15H24N2O/c1-3-13-8-10-17(11-9-16-13)14-6-5-7-15(12-14)18-4-2/h5-7,12-13,16H,3-4,8-11H2,1-2H3. The molecule has 3 heteroatoms. The molecule has 1 aliphatic rings. The lowest BCUT2D eigenvalue weighted by Crippen LogP contribution is -2.29. The maximum absolute atomic E-state index is 5.57. The summed E-state index contributed by atoms with van der Waals surface area (Å²) in [5.74, 6) is 0.972. The van der Waals surface area contributed by atoms with Gasteiger partial charge in [-0.2, -0.15) is 0 Å². The van der Waals surface area contributed by atoms with Crippen LogP contribution in [-0.2, 0) is 0 Å². The first kappa shape index (κ1) is 13.2. The molecule has 1 aliphatic heterocycles. The van der Waals surface area contributed by atoms with E-state index in [1.54, 1.807) is 0 Å². The molecule has 1 unspecified atom stereocenters. The van der Waals surface area contributed by atoms with Crippen molar-refractivity contribution in [1.82, 2.24) is 5.32 Å². The van der Waals surface area contributed by atoms with Crippen LogP contribution in [0.2, 0.25) is 0 Å². The average Bonchev–Trinajstić information content (AvgIpc) is 2.65. The molecule has 100 valence electrons. The van der Waals surface area contributed by atoms with E-state index >= 15 is 0 Å². The lowest BCUT2D eigenvalue weighted by molar-refractivity contribution is 0.340. The minimum atomic E-state index is 0.671. The van der Waals surface area contributed by atoms with Crippen LogP contribution in [0.1, 0.15) is 26.7 Å². The molecule has 0 spiro atoms. The van der Waals surface area contributed by atoms with Gasteiger partial charge in [-0.25, -0.2) is 0 Å². The normalized spacial score (nSPS) is 20.6. The van der Waals surface area contributed by atoms with Crippen LogP contribution in [0.4, 0.5) is 5.69 Å². The van der Waals surface area contributed by atoms with E-state index in [0.717, 1.165) is 32.0 Å². The first-order valence-corrected chi connectivity index (χ1v) is 7.04. The molecular weight excluding hydrogens is 224 g/mol. The second kappa shape index (κ2) is 6.64. The Hall–Kier alpha value is -1.22.